The van der Waals surface area contributed by atoms with Crippen molar-refractivity contribution in [3.63, 3.8) is 0 Å². The second-order valence-electron chi connectivity index (χ2n) is 3.41. The molecule has 0 spiro atoms. The Morgan fingerprint density at radius 1 is 1.06 bits per heavy atom. The van der Waals surface area contributed by atoms with Gasteiger partial charge in [-0.05, 0) is 46.3 Å². The van der Waals surface area contributed by atoms with E-state index in [1.54, 1.807) is 11.8 Å². The predicted octanol–water partition coefficient (Wildman–Crippen LogP) is 5.26. The van der Waals surface area contributed by atoms with Crippen LogP contribution in [0.3, 0.4) is 0 Å². The van der Waals surface area contributed by atoms with Gasteiger partial charge in [-0.25, -0.2) is 0 Å². The Labute approximate surface area is 127 Å². The number of nitrogens with one attached hydrogen (secondary N) is 1. The van der Waals surface area contributed by atoms with Crippen LogP contribution in [-0.4, -0.2) is 0 Å². The Morgan fingerprint density at radius 3 is 2.56 bits per heavy atom. The fourth-order valence-electron chi connectivity index (χ4n) is 1.40. The summed E-state index contributed by atoms with van der Waals surface area (Å²) < 4.78 is 1.98. The van der Waals surface area contributed by atoms with Crippen LogP contribution < -0.4 is 5.32 Å². The quantitative estimate of drug-likeness (QED) is 0.580. The smallest absolute Gasteiger partial charge is 0.181 e. The van der Waals surface area contributed by atoms with Gasteiger partial charge in [0.15, 0.2) is 6.19 Å². The number of nitriles is 1. The van der Waals surface area contributed by atoms with Crippen molar-refractivity contribution in [2.75, 3.05) is 5.32 Å². The summed E-state index contributed by atoms with van der Waals surface area (Å²) in [5.41, 5.74) is 0.799. The van der Waals surface area contributed by atoms with Gasteiger partial charge in [-0.15, -0.1) is 0 Å². The van der Waals surface area contributed by atoms with Gasteiger partial charge in [0.25, 0.3) is 0 Å². The number of hydrogen-bond acceptors (Lipinski definition) is 3. The number of nitrogens with zero attached hydrogens (tertiary/aromatic N) is 1. The van der Waals surface area contributed by atoms with Crippen LogP contribution in [0, 0.1) is 11.5 Å². The Morgan fingerprint density at radius 2 is 1.83 bits per heavy atom. The highest BCUT2D eigenvalue weighted by atomic mass is 79.9. The minimum Gasteiger partial charge on any atom is -0.292 e. The van der Waals surface area contributed by atoms with E-state index in [0.29, 0.717) is 0 Å². The average Bonchev–Trinajstić information content (AvgIpc) is 2.35. The zero-order chi connectivity index (χ0) is 13.0. The summed E-state index contributed by atoms with van der Waals surface area (Å²) in [7, 11) is 0. The first-order valence-electron chi connectivity index (χ1n) is 5.08. The SMILES string of the molecule is N#CNc1cc(Br)ccc1Sc1ccccc1Br. The maximum Gasteiger partial charge on any atom is 0.181 e. The molecule has 90 valence electrons. The summed E-state index contributed by atoms with van der Waals surface area (Å²) in [5.74, 6) is 0. The van der Waals surface area contributed by atoms with Crippen LogP contribution in [0.4, 0.5) is 5.69 Å². The molecule has 0 aliphatic rings. The van der Waals surface area contributed by atoms with Crippen molar-refractivity contribution < 1.29 is 0 Å². The fraction of sp³-hybridized carbons (Fsp3) is 0. The minimum absolute atomic E-state index is 0.799. The average molecular weight is 384 g/mol. The van der Waals surface area contributed by atoms with Gasteiger partial charge in [0.05, 0.1) is 5.69 Å². The molecule has 0 bridgehead atoms. The molecule has 0 fully saturated rings. The molecule has 0 saturated heterocycles. The summed E-state index contributed by atoms with van der Waals surface area (Å²) in [4.78, 5) is 2.12. The minimum atomic E-state index is 0.799. The lowest BCUT2D eigenvalue weighted by atomic mass is 10.3. The van der Waals surface area contributed by atoms with E-state index in [4.69, 9.17) is 5.26 Å². The third-order valence-corrected chi connectivity index (χ3v) is 4.79. The highest BCUT2D eigenvalue weighted by Crippen LogP contribution is 2.38. The number of hydrogen-bond donors (Lipinski definition) is 1. The zero-order valence-corrected chi connectivity index (χ0v) is 13.1. The lowest BCUT2D eigenvalue weighted by Crippen LogP contribution is -1.90. The fourth-order valence-corrected chi connectivity index (χ4v) is 3.19. The highest BCUT2D eigenvalue weighted by Gasteiger charge is 2.07. The maximum atomic E-state index is 8.76. The number of rotatable bonds is 3. The molecule has 0 unspecified atom stereocenters. The van der Waals surface area contributed by atoms with E-state index in [2.05, 4.69) is 37.2 Å². The van der Waals surface area contributed by atoms with Crippen molar-refractivity contribution in [2.45, 2.75) is 9.79 Å². The van der Waals surface area contributed by atoms with E-state index in [1.165, 1.54) is 0 Å². The molecule has 0 aliphatic heterocycles. The van der Waals surface area contributed by atoms with E-state index in [1.807, 2.05) is 48.7 Å². The van der Waals surface area contributed by atoms with E-state index in [-0.39, 0.29) is 0 Å². The molecule has 2 rings (SSSR count). The normalized spacial score (nSPS) is 9.83. The van der Waals surface area contributed by atoms with Crippen LogP contribution in [0.25, 0.3) is 0 Å². The van der Waals surface area contributed by atoms with Crippen molar-refractivity contribution in [2.24, 2.45) is 0 Å². The predicted molar refractivity (Wildman–Crippen MR) is 81.6 cm³/mol. The molecule has 2 aromatic carbocycles. The van der Waals surface area contributed by atoms with Crippen molar-refractivity contribution in [1.82, 2.24) is 0 Å². The van der Waals surface area contributed by atoms with E-state index < -0.39 is 0 Å². The van der Waals surface area contributed by atoms with Crippen LogP contribution in [-0.2, 0) is 0 Å². The van der Waals surface area contributed by atoms with Gasteiger partial charge < -0.3 is 0 Å². The second kappa shape index (κ2) is 6.28. The van der Waals surface area contributed by atoms with Gasteiger partial charge in [-0.1, -0.05) is 39.8 Å². The maximum absolute atomic E-state index is 8.76. The molecule has 0 saturated carbocycles. The van der Waals surface area contributed by atoms with Crippen LogP contribution in [0.15, 0.2) is 61.2 Å². The number of benzene rings is 2. The van der Waals surface area contributed by atoms with Gasteiger partial charge in [-0.3, -0.25) is 5.32 Å². The summed E-state index contributed by atoms with van der Waals surface area (Å²) in [5, 5.41) is 11.5. The number of halogens is 2. The van der Waals surface area contributed by atoms with Gasteiger partial charge in [-0.2, -0.15) is 5.26 Å². The first kappa shape index (κ1) is 13.5. The molecular weight excluding hydrogens is 376 g/mol. The molecule has 0 heterocycles. The zero-order valence-electron chi connectivity index (χ0n) is 9.15. The van der Waals surface area contributed by atoms with Crippen molar-refractivity contribution in [1.29, 1.82) is 5.26 Å². The van der Waals surface area contributed by atoms with E-state index >= 15 is 0 Å². The lowest BCUT2D eigenvalue weighted by Gasteiger charge is -2.09. The second-order valence-corrected chi connectivity index (χ2v) is 6.26. The molecular formula is C13H8Br2N2S. The van der Waals surface area contributed by atoms with E-state index in [9.17, 15) is 0 Å². The standard InChI is InChI=1S/C13H8Br2N2S/c14-9-5-6-13(11(7-9)17-8-16)18-12-4-2-1-3-10(12)15/h1-7,17H. The van der Waals surface area contributed by atoms with Gasteiger partial charge in [0.2, 0.25) is 0 Å². The molecule has 0 atom stereocenters. The third kappa shape index (κ3) is 3.29. The molecule has 0 aliphatic carbocycles. The molecule has 5 heteroatoms. The summed E-state index contributed by atoms with van der Waals surface area (Å²) in [6.45, 7) is 0. The molecule has 1 N–H and O–H groups in total. The Balaban J connectivity index is 2.35. The third-order valence-electron chi connectivity index (χ3n) is 2.19. The van der Waals surface area contributed by atoms with E-state index in [0.717, 1.165) is 24.4 Å². The van der Waals surface area contributed by atoms with Crippen LogP contribution in [0.5, 0.6) is 0 Å². The molecule has 18 heavy (non-hydrogen) atoms. The van der Waals surface area contributed by atoms with Crippen molar-refractivity contribution in [3.8, 4) is 6.19 Å². The Kier molecular flexibility index (Phi) is 4.70. The molecule has 0 amide bonds. The van der Waals surface area contributed by atoms with Crippen molar-refractivity contribution >= 4 is 49.3 Å². The summed E-state index contributed by atoms with van der Waals surface area (Å²) >= 11 is 8.52. The topological polar surface area (TPSA) is 35.8 Å². The number of anilines is 1. The van der Waals surface area contributed by atoms with Crippen molar-refractivity contribution in [3.05, 3.63) is 51.4 Å². The van der Waals surface area contributed by atoms with Gasteiger partial charge >= 0.3 is 0 Å². The Hall–Kier alpha value is -0.960. The monoisotopic (exact) mass is 382 g/mol. The summed E-state index contributed by atoms with van der Waals surface area (Å²) in [6.07, 6.45) is 1.96. The Bertz CT molecular complexity index is 608. The first-order valence-corrected chi connectivity index (χ1v) is 7.48. The molecule has 2 nitrogen and oxygen atoms in total. The largest absolute Gasteiger partial charge is 0.292 e. The van der Waals surface area contributed by atoms with Gasteiger partial charge in [0, 0.05) is 18.7 Å². The van der Waals surface area contributed by atoms with Gasteiger partial charge in [0.1, 0.15) is 0 Å². The molecule has 0 aromatic heterocycles. The highest BCUT2D eigenvalue weighted by molar-refractivity contribution is 9.10. The first-order chi connectivity index (χ1) is 8.70. The van der Waals surface area contributed by atoms with Crippen LogP contribution in [0.2, 0.25) is 0 Å². The lowest BCUT2D eigenvalue weighted by molar-refractivity contribution is 1.35. The summed E-state index contributed by atoms with van der Waals surface area (Å²) in [6, 6.07) is 13.8. The van der Waals surface area contributed by atoms with Crippen LogP contribution >= 0.6 is 43.6 Å². The molecule has 2 aromatic rings. The molecule has 0 radical (unpaired) electrons. The van der Waals surface area contributed by atoms with Crippen LogP contribution in [0.1, 0.15) is 0 Å².